The molecule has 0 atom stereocenters. The SMILES string of the molecule is CCn1c(SCC(=O)N/N=C\c2ccncc2)nnc1-c1ccc(OC)c(OC)c1. The quantitative estimate of drug-likeness (QED) is 0.319. The number of carbonyl (C=O) groups is 1. The predicted molar refractivity (Wildman–Crippen MR) is 115 cm³/mol. The van der Waals surface area contributed by atoms with Gasteiger partial charge in [-0.05, 0) is 42.8 Å². The number of carbonyl (C=O) groups excluding carboxylic acids is 1. The number of methoxy groups -OCH3 is 2. The average Bonchev–Trinajstić information content (AvgIpc) is 3.20. The summed E-state index contributed by atoms with van der Waals surface area (Å²) in [5.41, 5.74) is 4.20. The zero-order chi connectivity index (χ0) is 21.3. The maximum absolute atomic E-state index is 12.1. The van der Waals surface area contributed by atoms with E-state index in [1.54, 1.807) is 45.0 Å². The number of benzene rings is 1. The summed E-state index contributed by atoms with van der Waals surface area (Å²) in [6, 6.07) is 9.16. The molecule has 3 aromatic rings. The van der Waals surface area contributed by atoms with Crippen molar-refractivity contribution < 1.29 is 14.3 Å². The van der Waals surface area contributed by atoms with Crippen LogP contribution in [0.4, 0.5) is 0 Å². The van der Waals surface area contributed by atoms with Gasteiger partial charge >= 0.3 is 0 Å². The Bertz CT molecular complexity index is 1020. The highest BCUT2D eigenvalue weighted by molar-refractivity contribution is 7.99. The van der Waals surface area contributed by atoms with Crippen molar-refractivity contribution in [2.45, 2.75) is 18.6 Å². The number of hydrogen-bond donors (Lipinski definition) is 1. The molecule has 3 rings (SSSR count). The second-order valence-electron chi connectivity index (χ2n) is 5.98. The van der Waals surface area contributed by atoms with E-state index >= 15 is 0 Å². The topological polar surface area (TPSA) is 104 Å². The number of nitrogens with one attached hydrogen (secondary N) is 1. The first-order chi connectivity index (χ1) is 14.7. The number of amides is 1. The van der Waals surface area contributed by atoms with Gasteiger partial charge in [-0.25, -0.2) is 5.43 Å². The number of pyridine rings is 1. The van der Waals surface area contributed by atoms with Crippen molar-refractivity contribution in [2.24, 2.45) is 5.10 Å². The minimum Gasteiger partial charge on any atom is -0.493 e. The second kappa shape index (κ2) is 10.4. The minimum atomic E-state index is -0.233. The molecule has 0 saturated carbocycles. The lowest BCUT2D eigenvalue weighted by Gasteiger charge is -2.10. The molecule has 10 heteroatoms. The highest BCUT2D eigenvalue weighted by Crippen LogP contribution is 2.32. The van der Waals surface area contributed by atoms with Crippen LogP contribution in [0.2, 0.25) is 0 Å². The van der Waals surface area contributed by atoms with Crippen LogP contribution in [-0.2, 0) is 11.3 Å². The van der Waals surface area contributed by atoms with Gasteiger partial charge in [0.1, 0.15) is 0 Å². The summed E-state index contributed by atoms with van der Waals surface area (Å²) in [5, 5.41) is 13.1. The van der Waals surface area contributed by atoms with Gasteiger partial charge in [-0.2, -0.15) is 5.10 Å². The van der Waals surface area contributed by atoms with Crippen LogP contribution in [0, 0.1) is 0 Å². The average molecular weight is 427 g/mol. The lowest BCUT2D eigenvalue weighted by molar-refractivity contribution is -0.118. The molecule has 0 unspecified atom stereocenters. The summed E-state index contributed by atoms with van der Waals surface area (Å²) in [6.07, 6.45) is 4.88. The summed E-state index contributed by atoms with van der Waals surface area (Å²) in [5.74, 6) is 1.88. The zero-order valence-electron chi connectivity index (χ0n) is 16.9. The number of thioether (sulfide) groups is 1. The molecule has 1 N–H and O–H groups in total. The van der Waals surface area contributed by atoms with Gasteiger partial charge in [0.15, 0.2) is 22.5 Å². The van der Waals surface area contributed by atoms with Gasteiger partial charge in [-0.15, -0.1) is 10.2 Å². The van der Waals surface area contributed by atoms with E-state index in [9.17, 15) is 4.79 Å². The summed E-state index contributed by atoms with van der Waals surface area (Å²) in [6.45, 7) is 2.65. The van der Waals surface area contributed by atoms with Crippen LogP contribution in [0.1, 0.15) is 12.5 Å². The maximum Gasteiger partial charge on any atom is 0.250 e. The van der Waals surface area contributed by atoms with Crippen molar-refractivity contribution in [1.29, 1.82) is 0 Å². The summed E-state index contributed by atoms with van der Waals surface area (Å²) >= 11 is 1.30. The summed E-state index contributed by atoms with van der Waals surface area (Å²) < 4.78 is 12.6. The zero-order valence-corrected chi connectivity index (χ0v) is 17.7. The highest BCUT2D eigenvalue weighted by Gasteiger charge is 2.16. The van der Waals surface area contributed by atoms with Gasteiger partial charge in [0.2, 0.25) is 0 Å². The fourth-order valence-corrected chi connectivity index (χ4v) is 3.45. The Hall–Kier alpha value is -3.40. The minimum absolute atomic E-state index is 0.164. The number of hydrogen-bond acceptors (Lipinski definition) is 8. The smallest absolute Gasteiger partial charge is 0.250 e. The third kappa shape index (κ3) is 5.15. The number of aromatic nitrogens is 4. The molecule has 2 aromatic heterocycles. The Kier molecular flexibility index (Phi) is 7.39. The molecule has 0 spiro atoms. The first-order valence-corrected chi connectivity index (χ1v) is 10.1. The van der Waals surface area contributed by atoms with Gasteiger partial charge in [-0.1, -0.05) is 11.8 Å². The Labute approximate surface area is 178 Å². The number of rotatable bonds is 9. The molecule has 1 amide bonds. The Morgan fingerprint density at radius 1 is 1.17 bits per heavy atom. The number of nitrogens with zero attached hydrogens (tertiary/aromatic N) is 5. The molecule has 0 radical (unpaired) electrons. The summed E-state index contributed by atoms with van der Waals surface area (Å²) in [7, 11) is 3.18. The van der Waals surface area contributed by atoms with E-state index in [-0.39, 0.29) is 11.7 Å². The lowest BCUT2D eigenvalue weighted by Crippen LogP contribution is -2.20. The monoisotopic (exact) mass is 426 g/mol. The molecular weight excluding hydrogens is 404 g/mol. The van der Waals surface area contributed by atoms with Crippen LogP contribution in [0.5, 0.6) is 11.5 Å². The van der Waals surface area contributed by atoms with E-state index in [4.69, 9.17) is 9.47 Å². The van der Waals surface area contributed by atoms with E-state index in [1.165, 1.54) is 11.8 Å². The van der Waals surface area contributed by atoms with Crippen molar-refractivity contribution in [3.8, 4) is 22.9 Å². The van der Waals surface area contributed by atoms with Crippen LogP contribution in [0.15, 0.2) is 53.0 Å². The molecule has 0 aliphatic rings. The normalized spacial score (nSPS) is 10.9. The fourth-order valence-electron chi connectivity index (χ4n) is 2.66. The maximum atomic E-state index is 12.1. The fraction of sp³-hybridized carbons (Fsp3) is 0.250. The Morgan fingerprint density at radius 3 is 2.63 bits per heavy atom. The molecule has 9 nitrogen and oxygen atoms in total. The molecule has 1 aromatic carbocycles. The van der Waals surface area contributed by atoms with E-state index in [1.807, 2.05) is 29.7 Å². The third-order valence-electron chi connectivity index (χ3n) is 4.12. The lowest BCUT2D eigenvalue weighted by atomic mass is 10.2. The molecule has 0 bridgehead atoms. The van der Waals surface area contributed by atoms with Crippen molar-refractivity contribution >= 4 is 23.9 Å². The standard InChI is InChI=1S/C20H22N6O3S/c1-4-26-19(15-5-6-16(28-2)17(11-15)29-3)24-25-20(26)30-13-18(27)23-22-12-14-7-9-21-10-8-14/h5-12H,4,13H2,1-3H3,(H,23,27)/b22-12-. The number of ether oxygens (including phenoxy) is 2. The molecule has 30 heavy (non-hydrogen) atoms. The molecule has 0 fully saturated rings. The molecule has 2 heterocycles. The van der Waals surface area contributed by atoms with Crippen molar-refractivity contribution in [1.82, 2.24) is 25.2 Å². The van der Waals surface area contributed by atoms with E-state index < -0.39 is 0 Å². The van der Waals surface area contributed by atoms with Gasteiger partial charge in [0.25, 0.3) is 5.91 Å². The molecule has 0 saturated heterocycles. The second-order valence-corrected chi connectivity index (χ2v) is 6.93. The van der Waals surface area contributed by atoms with E-state index in [0.717, 1.165) is 11.1 Å². The Balaban J connectivity index is 1.66. The van der Waals surface area contributed by atoms with Crippen LogP contribution in [-0.4, -0.2) is 51.8 Å². The van der Waals surface area contributed by atoms with Gasteiger partial charge in [0.05, 0.1) is 26.2 Å². The van der Waals surface area contributed by atoms with Gasteiger partial charge < -0.3 is 14.0 Å². The van der Waals surface area contributed by atoms with Crippen molar-refractivity contribution in [2.75, 3.05) is 20.0 Å². The van der Waals surface area contributed by atoms with Crippen LogP contribution in [0.3, 0.4) is 0 Å². The first kappa shape index (κ1) is 21.3. The van der Waals surface area contributed by atoms with E-state index in [2.05, 4.69) is 25.7 Å². The third-order valence-corrected chi connectivity index (χ3v) is 5.08. The predicted octanol–water partition coefficient (Wildman–Crippen LogP) is 2.62. The largest absolute Gasteiger partial charge is 0.493 e. The van der Waals surface area contributed by atoms with Gasteiger partial charge in [-0.3, -0.25) is 9.78 Å². The number of hydrazone groups is 1. The molecule has 0 aliphatic heterocycles. The molecular formula is C20H22N6O3S. The summed E-state index contributed by atoms with van der Waals surface area (Å²) in [4.78, 5) is 16.0. The molecule has 0 aliphatic carbocycles. The van der Waals surface area contributed by atoms with E-state index in [0.29, 0.717) is 29.0 Å². The van der Waals surface area contributed by atoms with Gasteiger partial charge in [0, 0.05) is 24.5 Å². The Morgan fingerprint density at radius 2 is 1.93 bits per heavy atom. The van der Waals surface area contributed by atoms with Crippen LogP contribution < -0.4 is 14.9 Å². The highest BCUT2D eigenvalue weighted by atomic mass is 32.2. The van der Waals surface area contributed by atoms with Crippen molar-refractivity contribution in [3.63, 3.8) is 0 Å². The molecule has 156 valence electrons. The van der Waals surface area contributed by atoms with Crippen LogP contribution in [0.25, 0.3) is 11.4 Å². The first-order valence-electron chi connectivity index (χ1n) is 9.16. The van der Waals surface area contributed by atoms with Crippen LogP contribution >= 0.6 is 11.8 Å². The van der Waals surface area contributed by atoms with Crippen molar-refractivity contribution in [3.05, 3.63) is 48.3 Å².